The van der Waals surface area contributed by atoms with Crippen LogP contribution in [0.2, 0.25) is 0 Å². The standard InChI is InChI=1S/C15H15N3O5S/c1-10-8-16-13(23-10)9-17-24(21,22)12-4-2-11(3-5-12)18-14(19)6-7-15(18)20/h2-5,8,17H,6-7,9H2,1H3. The number of aromatic nitrogens is 1. The van der Waals surface area contributed by atoms with Crippen LogP contribution >= 0.6 is 0 Å². The van der Waals surface area contributed by atoms with E-state index in [1.807, 2.05) is 0 Å². The van der Waals surface area contributed by atoms with E-state index in [0.29, 0.717) is 11.4 Å². The summed E-state index contributed by atoms with van der Waals surface area (Å²) in [6.07, 6.45) is 1.86. The molecule has 2 amide bonds. The highest BCUT2D eigenvalue weighted by molar-refractivity contribution is 7.89. The van der Waals surface area contributed by atoms with Crippen LogP contribution in [0.1, 0.15) is 24.5 Å². The first kappa shape index (κ1) is 16.3. The van der Waals surface area contributed by atoms with Crippen molar-refractivity contribution in [3.05, 3.63) is 42.1 Å². The molecule has 1 aliphatic heterocycles. The van der Waals surface area contributed by atoms with Crippen LogP contribution in [0.4, 0.5) is 5.69 Å². The van der Waals surface area contributed by atoms with Crippen molar-refractivity contribution in [1.82, 2.24) is 9.71 Å². The highest BCUT2D eigenvalue weighted by Gasteiger charge is 2.30. The van der Waals surface area contributed by atoms with E-state index in [1.165, 1.54) is 30.5 Å². The van der Waals surface area contributed by atoms with Gasteiger partial charge in [-0.2, -0.15) is 0 Å². The van der Waals surface area contributed by atoms with Gasteiger partial charge in [0.05, 0.1) is 23.3 Å². The summed E-state index contributed by atoms with van der Waals surface area (Å²) < 4.78 is 32.1. The zero-order chi connectivity index (χ0) is 17.3. The number of benzene rings is 1. The molecule has 1 fully saturated rings. The number of nitrogens with zero attached hydrogens (tertiary/aromatic N) is 2. The lowest BCUT2D eigenvalue weighted by molar-refractivity contribution is -0.121. The predicted molar refractivity (Wildman–Crippen MR) is 83.4 cm³/mol. The molecule has 9 heteroatoms. The van der Waals surface area contributed by atoms with Crippen LogP contribution < -0.4 is 9.62 Å². The number of anilines is 1. The predicted octanol–water partition coefficient (Wildman–Crippen LogP) is 1.11. The van der Waals surface area contributed by atoms with Gasteiger partial charge in [0, 0.05) is 12.8 Å². The van der Waals surface area contributed by atoms with Crippen LogP contribution in [-0.2, 0) is 26.2 Å². The minimum atomic E-state index is -3.75. The highest BCUT2D eigenvalue weighted by atomic mass is 32.2. The summed E-state index contributed by atoms with van der Waals surface area (Å²) in [5.74, 6) is 0.287. The van der Waals surface area contributed by atoms with Crippen molar-refractivity contribution in [3.8, 4) is 0 Å². The molecule has 2 heterocycles. The Morgan fingerprint density at radius 3 is 2.33 bits per heavy atom. The van der Waals surface area contributed by atoms with Gasteiger partial charge in [-0.25, -0.2) is 18.1 Å². The zero-order valence-corrected chi connectivity index (χ0v) is 13.7. The Labute approximate surface area is 138 Å². The maximum Gasteiger partial charge on any atom is 0.241 e. The molecule has 0 spiro atoms. The molecule has 1 saturated heterocycles. The molecule has 24 heavy (non-hydrogen) atoms. The van der Waals surface area contributed by atoms with Crippen LogP contribution in [0, 0.1) is 6.92 Å². The third kappa shape index (κ3) is 3.22. The molecule has 0 bridgehead atoms. The van der Waals surface area contributed by atoms with E-state index < -0.39 is 10.0 Å². The van der Waals surface area contributed by atoms with Gasteiger partial charge in [0.25, 0.3) is 0 Å². The summed E-state index contributed by atoms with van der Waals surface area (Å²) in [5, 5.41) is 0. The molecule has 1 aromatic carbocycles. The second-order valence-electron chi connectivity index (χ2n) is 5.31. The molecule has 126 valence electrons. The number of imide groups is 1. The summed E-state index contributed by atoms with van der Waals surface area (Å²) >= 11 is 0. The molecule has 0 atom stereocenters. The molecule has 1 aromatic heterocycles. The van der Waals surface area contributed by atoms with E-state index in [2.05, 4.69) is 9.71 Å². The lowest BCUT2D eigenvalue weighted by Gasteiger charge is -2.14. The lowest BCUT2D eigenvalue weighted by atomic mass is 10.3. The number of carbonyl (C=O) groups excluding carboxylic acids is 2. The van der Waals surface area contributed by atoms with Crippen molar-refractivity contribution in [2.75, 3.05) is 4.90 Å². The quantitative estimate of drug-likeness (QED) is 0.810. The van der Waals surface area contributed by atoms with Crippen LogP contribution in [0.25, 0.3) is 0 Å². The van der Waals surface area contributed by atoms with Gasteiger partial charge in [-0.05, 0) is 31.2 Å². The number of oxazole rings is 1. The second-order valence-corrected chi connectivity index (χ2v) is 7.07. The van der Waals surface area contributed by atoms with Crippen molar-refractivity contribution in [1.29, 1.82) is 0 Å². The monoisotopic (exact) mass is 349 g/mol. The second kappa shape index (κ2) is 6.17. The van der Waals surface area contributed by atoms with Gasteiger partial charge in [0.2, 0.25) is 27.7 Å². The third-order valence-corrected chi connectivity index (χ3v) is 4.96. The summed E-state index contributed by atoms with van der Waals surface area (Å²) in [4.78, 5) is 28.4. The van der Waals surface area contributed by atoms with Crippen LogP contribution in [0.15, 0.2) is 39.8 Å². The van der Waals surface area contributed by atoms with Gasteiger partial charge in [-0.15, -0.1) is 0 Å². The number of hydrogen-bond donors (Lipinski definition) is 1. The lowest BCUT2D eigenvalue weighted by Crippen LogP contribution is -2.28. The molecule has 1 aliphatic rings. The molecular formula is C15H15N3O5S. The van der Waals surface area contributed by atoms with Gasteiger partial charge in [-0.3, -0.25) is 14.5 Å². The number of carbonyl (C=O) groups is 2. The molecule has 0 radical (unpaired) electrons. The Morgan fingerprint density at radius 1 is 1.17 bits per heavy atom. The number of sulfonamides is 1. The van der Waals surface area contributed by atoms with E-state index in [-0.39, 0.29) is 42.0 Å². The number of rotatable bonds is 5. The maximum absolute atomic E-state index is 12.2. The van der Waals surface area contributed by atoms with Gasteiger partial charge < -0.3 is 4.42 Å². The number of aryl methyl sites for hydroxylation is 1. The number of amides is 2. The molecular weight excluding hydrogens is 334 g/mol. The average molecular weight is 349 g/mol. The zero-order valence-electron chi connectivity index (χ0n) is 12.9. The van der Waals surface area contributed by atoms with Crippen molar-refractivity contribution >= 4 is 27.5 Å². The number of nitrogens with one attached hydrogen (secondary N) is 1. The number of hydrogen-bond acceptors (Lipinski definition) is 6. The van der Waals surface area contributed by atoms with Crippen LogP contribution in [-0.4, -0.2) is 25.2 Å². The van der Waals surface area contributed by atoms with Gasteiger partial charge in [0.15, 0.2) is 0 Å². The van der Waals surface area contributed by atoms with Gasteiger partial charge >= 0.3 is 0 Å². The van der Waals surface area contributed by atoms with Crippen LogP contribution in [0.3, 0.4) is 0 Å². The highest BCUT2D eigenvalue weighted by Crippen LogP contribution is 2.24. The summed E-state index contributed by atoms with van der Waals surface area (Å²) in [7, 11) is -3.75. The topological polar surface area (TPSA) is 110 Å². The minimum Gasteiger partial charge on any atom is -0.445 e. The summed E-state index contributed by atoms with van der Waals surface area (Å²) in [5.41, 5.74) is 0.366. The van der Waals surface area contributed by atoms with E-state index in [9.17, 15) is 18.0 Å². The Morgan fingerprint density at radius 2 is 1.79 bits per heavy atom. The fraction of sp³-hybridized carbons (Fsp3) is 0.267. The Balaban J connectivity index is 1.74. The van der Waals surface area contributed by atoms with E-state index in [4.69, 9.17) is 4.42 Å². The van der Waals surface area contributed by atoms with Crippen LogP contribution in [0.5, 0.6) is 0 Å². The van der Waals surface area contributed by atoms with Gasteiger partial charge in [0.1, 0.15) is 5.76 Å². The first-order valence-electron chi connectivity index (χ1n) is 7.23. The first-order chi connectivity index (χ1) is 11.4. The Hall–Kier alpha value is -2.52. The fourth-order valence-electron chi connectivity index (χ4n) is 2.36. The molecule has 2 aromatic rings. The Kier molecular flexibility index (Phi) is 4.20. The molecule has 3 rings (SSSR count). The smallest absolute Gasteiger partial charge is 0.241 e. The summed E-state index contributed by atoms with van der Waals surface area (Å²) in [6.45, 7) is 1.64. The van der Waals surface area contributed by atoms with E-state index >= 15 is 0 Å². The third-order valence-electron chi connectivity index (χ3n) is 3.54. The van der Waals surface area contributed by atoms with Gasteiger partial charge in [-0.1, -0.05) is 0 Å². The minimum absolute atomic E-state index is 0.0219. The average Bonchev–Trinajstić information content (AvgIpc) is 3.11. The van der Waals surface area contributed by atoms with Crippen molar-refractivity contribution in [3.63, 3.8) is 0 Å². The maximum atomic E-state index is 12.2. The Bertz CT molecular complexity index is 870. The normalized spacial score (nSPS) is 15.3. The largest absolute Gasteiger partial charge is 0.445 e. The SMILES string of the molecule is Cc1cnc(CNS(=O)(=O)c2ccc(N3C(=O)CCC3=O)cc2)o1. The summed E-state index contributed by atoms with van der Waals surface area (Å²) in [6, 6.07) is 5.56. The van der Waals surface area contributed by atoms with Crippen molar-refractivity contribution < 1.29 is 22.4 Å². The molecule has 1 N–H and O–H groups in total. The molecule has 0 saturated carbocycles. The molecule has 0 aliphatic carbocycles. The van der Waals surface area contributed by atoms with Crippen molar-refractivity contribution in [2.45, 2.75) is 31.2 Å². The fourth-order valence-corrected chi connectivity index (χ4v) is 3.34. The van der Waals surface area contributed by atoms with Crippen molar-refractivity contribution in [2.24, 2.45) is 0 Å². The first-order valence-corrected chi connectivity index (χ1v) is 8.72. The van der Waals surface area contributed by atoms with E-state index in [0.717, 1.165) is 4.90 Å². The van der Waals surface area contributed by atoms with E-state index in [1.54, 1.807) is 6.92 Å². The molecule has 0 unspecified atom stereocenters. The molecule has 8 nitrogen and oxygen atoms in total.